The van der Waals surface area contributed by atoms with Gasteiger partial charge in [-0.1, -0.05) is 11.6 Å². The van der Waals surface area contributed by atoms with Gasteiger partial charge in [-0.05, 0) is 18.1 Å². The van der Waals surface area contributed by atoms with E-state index >= 15 is 0 Å². The minimum Gasteiger partial charge on any atom is -0.486 e. The molecule has 0 aliphatic carbocycles. The molecule has 0 fully saturated rings. The molecule has 0 saturated heterocycles. The van der Waals surface area contributed by atoms with E-state index in [-0.39, 0.29) is 6.42 Å². The first-order chi connectivity index (χ1) is 7.66. The van der Waals surface area contributed by atoms with Crippen molar-refractivity contribution < 1.29 is 19.4 Å². The van der Waals surface area contributed by atoms with Crippen LogP contribution in [-0.2, 0) is 11.2 Å². The van der Waals surface area contributed by atoms with Gasteiger partial charge in [0.1, 0.15) is 13.2 Å². The van der Waals surface area contributed by atoms with Gasteiger partial charge in [0.05, 0.1) is 0 Å². The summed E-state index contributed by atoms with van der Waals surface area (Å²) >= 11 is 6.02. The van der Waals surface area contributed by atoms with Crippen molar-refractivity contribution >= 4 is 17.6 Å². The highest BCUT2D eigenvalue weighted by Gasteiger charge is 2.15. The lowest BCUT2D eigenvalue weighted by Crippen LogP contribution is -2.15. The predicted molar refractivity (Wildman–Crippen MR) is 58.4 cm³/mol. The fourth-order valence-electron chi connectivity index (χ4n) is 1.54. The molecule has 16 heavy (non-hydrogen) atoms. The number of carboxylic acid groups (broad SMARTS) is 1. The van der Waals surface area contributed by atoms with Gasteiger partial charge in [0.2, 0.25) is 0 Å². The fraction of sp³-hybridized carbons (Fsp3) is 0.364. The van der Waals surface area contributed by atoms with E-state index in [1.165, 1.54) is 0 Å². The van der Waals surface area contributed by atoms with Crippen molar-refractivity contribution in [2.45, 2.75) is 12.8 Å². The van der Waals surface area contributed by atoms with Gasteiger partial charge in [0.15, 0.2) is 11.5 Å². The molecule has 86 valence electrons. The summed E-state index contributed by atoms with van der Waals surface area (Å²) in [5.41, 5.74) is 0.772. The minimum absolute atomic E-state index is 0.0549. The smallest absolute Gasteiger partial charge is 0.303 e. The summed E-state index contributed by atoms with van der Waals surface area (Å²) in [6.07, 6.45) is 0.449. The summed E-state index contributed by atoms with van der Waals surface area (Å²) in [6.45, 7) is 1.02. The first-order valence-corrected chi connectivity index (χ1v) is 5.34. The Bertz CT molecular complexity index is 417. The molecule has 4 nitrogen and oxygen atoms in total. The molecule has 0 atom stereocenters. The molecule has 1 aromatic carbocycles. The van der Waals surface area contributed by atoms with Gasteiger partial charge in [-0.2, -0.15) is 0 Å². The fourth-order valence-corrected chi connectivity index (χ4v) is 1.79. The van der Waals surface area contributed by atoms with Gasteiger partial charge >= 0.3 is 5.97 Å². The molecule has 0 aromatic heterocycles. The van der Waals surface area contributed by atoms with Crippen molar-refractivity contribution in [1.29, 1.82) is 0 Å². The maximum absolute atomic E-state index is 10.5. The number of hydrogen-bond donors (Lipinski definition) is 1. The number of halogens is 1. The average Bonchev–Trinajstić information content (AvgIpc) is 2.26. The molecule has 2 rings (SSSR count). The quantitative estimate of drug-likeness (QED) is 0.882. The Morgan fingerprint density at radius 3 is 2.56 bits per heavy atom. The number of aliphatic carboxylic acids is 1. The van der Waals surface area contributed by atoms with Crippen LogP contribution in [-0.4, -0.2) is 24.3 Å². The van der Waals surface area contributed by atoms with E-state index in [1.807, 2.05) is 0 Å². The van der Waals surface area contributed by atoms with Crippen molar-refractivity contribution in [1.82, 2.24) is 0 Å². The Labute approximate surface area is 97.7 Å². The second-order valence-corrected chi connectivity index (χ2v) is 3.89. The van der Waals surface area contributed by atoms with Gasteiger partial charge in [0.25, 0.3) is 0 Å². The van der Waals surface area contributed by atoms with Crippen LogP contribution in [0, 0.1) is 0 Å². The van der Waals surface area contributed by atoms with Gasteiger partial charge in [-0.25, -0.2) is 0 Å². The van der Waals surface area contributed by atoms with E-state index in [4.69, 9.17) is 26.2 Å². The standard InChI is InChI=1S/C11H11ClO4/c12-8-6-10-9(15-3-4-16-10)5-7(8)1-2-11(13)14/h5-6H,1-4H2,(H,13,14). The zero-order valence-electron chi connectivity index (χ0n) is 8.53. The number of ether oxygens (including phenoxy) is 2. The van der Waals surface area contributed by atoms with Crippen LogP contribution in [0.1, 0.15) is 12.0 Å². The lowest BCUT2D eigenvalue weighted by Gasteiger charge is -2.19. The summed E-state index contributed by atoms with van der Waals surface area (Å²) in [7, 11) is 0. The summed E-state index contributed by atoms with van der Waals surface area (Å²) in [4.78, 5) is 10.5. The van der Waals surface area contributed by atoms with Crippen LogP contribution < -0.4 is 9.47 Å². The first kappa shape index (κ1) is 11.1. The number of carbonyl (C=O) groups is 1. The van der Waals surface area contributed by atoms with Crippen molar-refractivity contribution in [3.05, 3.63) is 22.7 Å². The lowest BCUT2D eigenvalue weighted by atomic mass is 10.1. The molecule has 5 heteroatoms. The average molecular weight is 243 g/mol. The third kappa shape index (κ3) is 2.39. The molecule has 0 unspecified atom stereocenters. The van der Waals surface area contributed by atoms with Crippen molar-refractivity contribution in [3.8, 4) is 11.5 Å². The number of rotatable bonds is 3. The van der Waals surface area contributed by atoms with Crippen LogP contribution in [0.25, 0.3) is 0 Å². The van der Waals surface area contributed by atoms with Gasteiger partial charge in [-0.15, -0.1) is 0 Å². The van der Waals surface area contributed by atoms with E-state index in [2.05, 4.69) is 0 Å². The highest BCUT2D eigenvalue weighted by Crippen LogP contribution is 2.35. The molecule has 1 heterocycles. The Morgan fingerprint density at radius 1 is 1.31 bits per heavy atom. The topological polar surface area (TPSA) is 55.8 Å². The van der Waals surface area contributed by atoms with Crippen LogP contribution >= 0.6 is 11.6 Å². The zero-order valence-corrected chi connectivity index (χ0v) is 9.29. The van der Waals surface area contributed by atoms with Crippen LogP contribution in [0.4, 0.5) is 0 Å². The normalized spacial score (nSPS) is 13.6. The molecule has 0 saturated carbocycles. The van der Waals surface area contributed by atoms with Crippen LogP contribution in [0.15, 0.2) is 12.1 Å². The Hall–Kier alpha value is -1.42. The van der Waals surface area contributed by atoms with Crippen LogP contribution in [0.5, 0.6) is 11.5 Å². The first-order valence-electron chi connectivity index (χ1n) is 4.96. The molecule has 1 N–H and O–H groups in total. The summed E-state index contributed by atoms with van der Waals surface area (Å²) in [5, 5.41) is 9.12. The molecule has 1 aliphatic rings. The Morgan fingerprint density at radius 2 is 1.94 bits per heavy atom. The zero-order chi connectivity index (χ0) is 11.5. The lowest BCUT2D eigenvalue weighted by molar-refractivity contribution is -0.136. The van der Waals surface area contributed by atoms with Crippen LogP contribution in [0.3, 0.4) is 0 Å². The van der Waals surface area contributed by atoms with Crippen molar-refractivity contribution in [2.24, 2.45) is 0 Å². The van der Waals surface area contributed by atoms with Gasteiger partial charge in [-0.3, -0.25) is 4.79 Å². The molecule has 1 aromatic rings. The van der Waals surface area contributed by atoms with E-state index in [0.717, 1.165) is 5.56 Å². The number of fused-ring (bicyclic) bond motifs is 1. The SMILES string of the molecule is O=C(O)CCc1cc2c(cc1Cl)OCCO2. The van der Waals surface area contributed by atoms with E-state index < -0.39 is 5.97 Å². The maximum Gasteiger partial charge on any atom is 0.303 e. The predicted octanol–water partition coefficient (Wildman–Crippen LogP) is 2.13. The summed E-state index contributed by atoms with van der Waals surface area (Å²) in [5.74, 6) is 0.414. The minimum atomic E-state index is -0.842. The summed E-state index contributed by atoms with van der Waals surface area (Å²) in [6, 6.07) is 3.42. The Balaban J connectivity index is 2.21. The second-order valence-electron chi connectivity index (χ2n) is 3.48. The number of benzene rings is 1. The molecule has 0 spiro atoms. The number of carboxylic acids is 1. The highest BCUT2D eigenvalue weighted by atomic mass is 35.5. The van der Waals surface area contributed by atoms with Crippen molar-refractivity contribution in [3.63, 3.8) is 0 Å². The molecule has 0 bridgehead atoms. The molecule has 0 radical (unpaired) electrons. The van der Waals surface area contributed by atoms with Gasteiger partial charge < -0.3 is 14.6 Å². The number of aryl methyl sites for hydroxylation is 1. The second kappa shape index (κ2) is 4.61. The largest absolute Gasteiger partial charge is 0.486 e. The maximum atomic E-state index is 10.5. The van der Waals surface area contributed by atoms with Gasteiger partial charge in [0, 0.05) is 17.5 Å². The van der Waals surface area contributed by atoms with Crippen LogP contribution in [0.2, 0.25) is 5.02 Å². The number of hydrogen-bond acceptors (Lipinski definition) is 3. The molecular formula is C11H11ClO4. The molecular weight excluding hydrogens is 232 g/mol. The van der Waals surface area contributed by atoms with Crippen molar-refractivity contribution in [2.75, 3.05) is 13.2 Å². The monoisotopic (exact) mass is 242 g/mol. The van der Waals surface area contributed by atoms with E-state index in [1.54, 1.807) is 12.1 Å². The summed E-state index contributed by atoms with van der Waals surface area (Å²) < 4.78 is 10.8. The molecule has 1 aliphatic heterocycles. The Kier molecular flexibility index (Phi) is 3.19. The third-order valence-corrected chi connectivity index (χ3v) is 2.67. The van der Waals surface area contributed by atoms with E-state index in [9.17, 15) is 4.79 Å². The third-order valence-electron chi connectivity index (χ3n) is 2.32. The van der Waals surface area contributed by atoms with E-state index in [0.29, 0.717) is 36.2 Å². The molecule has 0 amide bonds. The highest BCUT2D eigenvalue weighted by molar-refractivity contribution is 6.31.